The normalized spacial score (nSPS) is 14.4. The lowest BCUT2D eigenvalue weighted by Crippen LogP contribution is -2.26. The van der Waals surface area contributed by atoms with Crippen molar-refractivity contribution in [3.05, 3.63) is 81.0 Å². The van der Waals surface area contributed by atoms with Gasteiger partial charge in [-0.15, -0.1) is 0 Å². The van der Waals surface area contributed by atoms with E-state index in [1.807, 2.05) is 6.07 Å². The Hall–Kier alpha value is -4.21. The van der Waals surface area contributed by atoms with Gasteiger partial charge in [0, 0.05) is 19.0 Å². The number of benzene rings is 2. The molecule has 1 aliphatic rings. The Morgan fingerprint density at radius 3 is 2.36 bits per heavy atom. The summed E-state index contributed by atoms with van der Waals surface area (Å²) in [5.41, 5.74) is 1.65. The van der Waals surface area contributed by atoms with E-state index in [1.165, 1.54) is 58.6 Å². The Kier molecular flexibility index (Phi) is 8.03. The minimum Gasteiger partial charge on any atom is -0.493 e. The number of amides is 1. The molecule has 7 nitrogen and oxygen atoms in total. The number of alkyl halides is 3. The average molecular weight is 543 g/mol. The van der Waals surface area contributed by atoms with Crippen molar-refractivity contribution in [2.45, 2.75) is 38.5 Å². The molecule has 0 heterocycles. The number of rotatable bonds is 7. The van der Waals surface area contributed by atoms with E-state index in [9.17, 15) is 22.8 Å². The molecule has 0 bridgehead atoms. The Balaban J connectivity index is 1.88. The van der Waals surface area contributed by atoms with Gasteiger partial charge in [0.2, 0.25) is 17.1 Å². The molecule has 1 unspecified atom stereocenters. The molecule has 2 N–H and O–H groups in total. The SMILES string of the molecule is COc1cc2c(c(OC)c1OC)-c1ccc(NCc3ccccc3C(F)(F)F)c(=O)cc1C(NC(C)=O)CC2. The highest BCUT2D eigenvalue weighted by molar-refractivity contribution is 5.83. The van der Waals surface area contributed by atoms with Gasteiger partial charge in [-0.05, 0) is 59.4 Å². The van der Waals surface area contributed by atoms with E-state index < -0.39 is 23.2 Å². The van der Waals surface area contributed by atoms with Crippen molar-refractivity contribution >= 4 is 11.6 Å². The summed E-state index contributed by atoms with van der Waals surface area (Å²) >= 11 is 0. The van der Waals surface area contributed by atoms with Crippen LogP contribution in [-0.2, 0) is 23.9 Å². The van der Waals surface area contributed by atoms with Crippen molar-refractivity contribution in [3.63, 3.8) is 0 Å². The summed E-state index contributed by atoms with van der Waals surface area (Å²) in [6, 6.07) is 11.2. The third-order valence-electron chi connectivity index (χ3n) is 6.71. The summed E-state index contributed by atoms with van der Waals surface area (Å²) in [5, 5.41) is 5.80. The van der Waals surface area contributed by atoms with Gasteiger partial charge in [-0.25, -0.2) is 0 Å². The molecule has 1 amide bonds. The number of carbonyl (C=O) groups is 1. The quantitative estimate of drug-likeness (QED) is 0.411. The molecule has 0 radical (unpaired) electrons. The number of fused-ring (bicyclic) bond motifs is 3. The fraction of sp³-hybridized carbons (Fsp3) is 0.310. The van der Waals surface area contributed by atoms with E-state index in [1.54, 1.807) is 6.07 Å². The van der Waals surface area contributed by atoms with E-state index in [0.29, 0.717) is 46.8 Å². The molecule has 3 aromatic carbocycles. The van der Waals surface area contributed by atoms with Crippen molar-refractivity contribution in [2.75, 3.05) is 26.6 Å². The first-order chi connectivity index (χ1) is 18.6. The zero-order chi connectivity index (χ0) is 28.3. The van der Waals surface area contributed by atoms with Gasteiger partial charge in [-0.2, -0.15) is 13.2 Å². The van der Waals surface area contributed by atoms with Crippen LogP contribution in [0.3, 0.4) is 0 Å². The monoisotopic (exact) mass is 542 g/mol. The summed E-state index contributed by atoms with van der Waals surface area (Å²) in [7, 11) is 4.51. The Morgan fingerprint density at radius 2 is 1.72 bits per heavy atom. The van der Waals surface area contributed by atoms with Gasteiger partial charge in [-0.3, -0.25) is 9.59 Å². The van der Waals surface area contributed by atoms with Crippen molar-refractivity contribution in [3.8, 4) is 28.4 Å². The molecule has 10 heteroatoms. The van der Waals surface area contributed by atoms with Crippen molar-refractivity contribution in [1.82, 2.24) is 5.32 Å². The lowest BCUT2D eigenvalue weighted by Gasteiger charge is -2.19. The highest BCUT2D eigenvalue weighted by Gasteiger charge is 2.33. The molecule has 1 atom stereocenters. The van der Waals surface area contributed by atoms with Gasteiger partial charge >= 0.3 is 6.18 Å². The number of aryl methyl sites for hydroxylation is 1. The molecule has 0 spiro atoms. The first-order valence-corrected chi connectivity index (χ1v) is 12.3. The molecule has 206 valence electrons. The molecule has 0 aromatic heterocycles. The minimum atomic E-state index is -4.52. The lowest BCUT2D eigenvalue weighted by molar-refractivity contribution is -0.138. The second-order valence-electron chi connectivity index (χ2n) is 9.10. The van der Waals surface area contributed by atoms with E-state index in [0.717, 1.165) is 11.6 Å². The molecule has 0 saturated heterocycles. The van der Waals surface area contributed by atoms with Crippen LogP contribution in [0.15, 0.2) is 53.3 Å². The third kappa shape index (κ3) is 5.64. The maximum absolute atomic E-state index is 13.5. The first-order valence-electron chi connectivity index (χ1n) is 12.3. The Bertz CT molecular complexity index is 1460. The number of carbonyl (C=O) groups excluding carboxylic acids is 1. The minimum absolute atomic E-state index is 0.0115. The standard InChI is InChI=1S/C29H29F3N2O5/c1-16(35)34-22-11-9-17-13-25(37-2)27(38-3)28(39-4)26(17)19-10-12-23(24(36)14-20(19)22)33-15-18-7-5-6-8-21(18)29(30,31)32/h5-8,10,12-14,22H,9,11,15H2,1-4H3,(H,33,36)(H,34,35). The predicted octanol–water partition coefficient (Wildman–Crippen LogP) is 5.49. The van der Waals surface area contributed by atoms with Gasteiger partial charge < -0.3 is 24.8 Å². The number of anilines is 1. The first kappa shape index (κ1) is 27.8. The molecular formula is C29H29F3N2O5. The van der Waals surface area contributed by atoms with Crippen LogP contribution < -0.4 is 30.3 Å². The molecule has 0 fully saturated rings. The van der Waals surface area contributed by atoms with Gasteiger partial charge in [0.05, 0.1) is 38.6 Å². The summed E-state index contributed by atoms with van der Waals surface area (Å²) in [4.78, 5) is 25.4. The lowest BCUT2D eigenvalue weighted by atomic mass is 9.95. The summed E-state index contributed by atoms with van der Waals surface area (Å²) in [5.74, 6) is 0.991. The van der Waals surface area contributed by atoms with Crippen molar-refractivity contribution in [2.24, 2.45) is 0 Å². The predicted molar refractivity (Wildman–Crippen MR) is 141 cm³/mol. The molecule has 4 rings (SSSR count). The molecule has 0 aliphatic heterocycles. The molecule has 1 aliphatic carbocycles. The van der Waals surface area contributed by atoms with E-state index in [2.05, 4.69) is 10.6 Å². The second kappa shape index (κ2) is 11.3. The smallest absolute Gasteiger partial charge is 0.416 e. The van der Waals surface area contributed by atoms with E-state index in [4.69, 9.17) is 14.2 Å². The van der Waals surface area contributed by atoms with Crippen LogP contribution in [0.25, 0.3) is 11.1 Å². The van der Waals surface area contributed by atoms with Crippen LogP contribution in [0, 0.1) is 0 Å². The maximum Gasteiger partial charge on any atom is 0.416 e. The molecule has 3 aromatic rings. The van der Waals surface area contributed by atoms with E-state index in [-0.39, 0.29) is 23.7 Å². The molecule has 39 heavy (non-hydrogen) atoms. The highest BCUT2D eigenvalue weighted by Crippen LogP contribution is 2.50. The number of nitrogens with one attached hydrogen (secondary N) is 2. The van der Waals surface area contributed by atoms with Gasteiger partial charge in [-0.1, -0.05) is 24.3 Å². The summed E-state index contributed by atoms with van der Waals surface area (Å²) < 4.78 is 57.3. The fourth-order valence-electron chi connectivity index (χ4n) is 5.00. The number of ether oxygens (including phenoxy) is 3. The van der Waals surface area contributed by atoms with E-state index >= 15 is 0 Å². The average Bonchev–Trinajstić information content (AvgIpc) is 3.14. The second-order valence-corrected chi connectivity index (χ2v) is 9.10. The summed E-state index contributed by atoms with van der Waals surface area (Å²) in [6.45, 7) is 1.19. The number of hydrogen-bond acceptors (Lipinski definition) is 6. The topological polar surface area (TPSA) is 85.9 Å². The van der Waals surface area contributed by atoms with Crippen LogP contribution >= 0.6 is 0 Å². The Labute approximate surface area is 223 Å². The van der Waals surface area contributed by atoms with Crippen LogP contribution in [0.2, 0.25) is 0 Å². The molecule has 0 saturated carbocycles. The maximum atomic E-state index is 13.5. The highest BCUT2D eigenvalue weighted by atomic mass is 19.4. The third-order valence-corrected chi connectivity index (χ3v) is 6.71. The van der Waals surface area contributed by atoms with Crippen LogP contribution in [0.1, 0.15) is 41.6 Å². The van der Waals surface area contributed by atoms with Crippen LogP contribution in [0.4, 0.5) is 18.9 Å². The number of hydrogen-bond donors (Lipinski definition) is 2. The summed E-state index contributed by atoms with van der Waals surface area (Å²) in [6.07, 6.45) is -3.49. The van der Waals surface area contributed by atoms with Crippen molar-refractivity contribution < 1.29 is 32.2 Å². The van der Waals surface area contributed by atoms with Crippen molar-refractivity contribution in [1.29, 1.82) is 0 Å². The zero-order valence-corrected chi connectivity index (χ0v) is 22.0. The largest absolute Gasteiger partial charge is 0.493 e. The zero-order valence-electron chi connectivity index (χ0n) is 22.0. The molecular weight excluding hydrogens is 513 g/mol. The van der Waals surface area contributed by atoms with Crippen LogP contribution in [-0.4, -0.2) is 27.2 Å². The van der Waals surface area contributed by atoms with Crippen LogP contribution in [0.5, 0.6) is 17.2 Å². The number of halogens is 3. The van der Waals surface area contributed by atoms with Gasteiger partial charge in [0.1, 0.15) is 0 Å². The number of methoxy groups -OCH3 is 3. The Morgan fingerprint density at radius 1 is 1.00 bits per heavy atom. The van der Waals surface area contributed by atoms with Gasteiger partial charge in [0.25, 0.3) is 0 Å². The van der Waals surface area contributed by atoms with Gasteiger partial charge in [0.15, 0.2) is 11.5 Å². The fourth-order valence-corrected chi connectivity index (χ4v) is 5.00.